The molecule has 0 bridgehead atoms. The lowest BCUT2D eigenvalue weighted by Gasteiger charge is -2.37. The number of hydrogen-bond donors (Lipinski definition) is 2. The highest BCUT2D eigenvalue weighted by Crippen LogP contribution is 2.23. The second-order valence-electron chi connectivity index (χ2n) is 6.60. The van der Waals surface area contributed by atoms with Gasteiger partial charge in [0.25, 0.3) is 0 Å². The fraction of sp³-hybridized carbons (Fsp3) is 0.632. The van der Waals surface area contributed by atoms with Gasteiger partial charge in [-0.15, -0.1) is 0 Å². The molecule has 1 aliphatic heterocycles. The Labute approximate surface area is 146 Å². The standard InChI is InChI=1S/C19H33N5/c1-4-5-9-21-19(20)22-10-11-23-12-14-24(15-13-23)18-8-6-7-16(2)17(18)3/h6-8H,4-5,9-15H2,1-3H3,(H3,20,21,22). The van der Waals surface area contributed by atoms with Crippen LogP contribution in [0.4, 0.5) is 5.69 Å². The summed E-state index contributed by atoms with van der Waals surface area (Å²) in [5, 5.41) is 3.22. The highest BCUT2D eigenvalue weighted by Gasteiger charge is 2.18. The van der Waals surface area contributed by atoms with Crippen molar-refractivity contribution in [2.45, 2.75) is 33.6 Å². The molecular formula is C19H33N5. The van der Waals surface area contributed by atoms with Crippen molar-refractivity contribution in [3.8, 4) is 0 Å². The molecule has 0 saturated carbocycles. The van der Waals surface area contributed by atoms with E-state index in [-0.39, 0.29) is 0 Å². The zero-order chi connectivity index (χ0) is 17.4. The number of aryl methyl sites for hydroxylation is 1. The van der Waals surface area contributed by atoms with Gasteiger partial charge in [-0.2, -0.15) is 0 Å². The molecule has 0 unspecified atom stereocenters. The predicted molar refractivity (Wildman–Crippen MR) is 104 cm³/mol. The van der Waals surface area contributed by atoms with Crippen LogP contribution in [0, 0.1) is 13.8 Å². The van der Waals surface area contributed by atoms with Crippen molar-refractivity contribution in [3.05, 3.63) is 29.3 Å². The van der Waals surface area contributed by atoms with Crippen LogP contribution >= 0.6 is 0 Å². The van der Waals surface area contributed by atoms with Crippen molar-refractivity contribution >= 4 is 11.6 Å². The topological polar surface area (TPSA) is 56.9 Å². The Morgan fingerprint density at radius 3 is 2.67 bits per heavy atom. The minimum absolute atomic E-state index is 0.581. The van der Waals surface area contributed by atoms with Gasteiger partial charge in [0.05, 0.1) is 0 Å². The van der Waals surface area contributed by atoms with Crippen LogP contribution in [0.15, 0.2) is 23.2 Å². The van der Waals surface area contributed by atoms with Crippen molar-refractivity contribution in [1.82, 2.24) is 10.2 Å². The number of unbranched alkanes of at least 4 members (excludes halogenated alkanes) is 1. The molecule has 0 amide bonds. The van der Waals surface area contributed by atoms with Crippen LogP contribution in [0.2, 0.25) is 0 Å². The Balaban J connectivity index is 1.71. The van der Waals surface area contributed by atoms with E-state index < -0.39 is 0 Å². The minimum atomic E-state index is 0.581. The van der Waals surface area contributed by atoms with Gasteiger partial charge in [0.2, 0.25) is 0 Å². The van der Waals surface area contributed by atoms with E-state index in [1.165, 1.54) is 16.8 Å². The van der Waals surface area contributed by atoms with E-state index in [0.717, 1.165) is 58.7 Å². The SMILES string of the molecule is CCCCN=C(N)NCCN1CCN(c2cccc(C)c2C)CC1. The molecule has 5 heteroatoms. The van der Waals surface area contributed by atoms with E-state index in [1.54, 1.807) is 0 Å². The summed E-state index contributed by atoms with van der Waals surface area (Å²) in [5.74, 6) is 0.581. The van der Waals surface area contributed by atoms with Crippen molar-refractivity contribution in [1.29, 1.82) is 0 Å². The van der Waals surface area contributed by atoms with Gasteiger partial charge in [-0.05, 0) is 37.5 Å². The number of aliphatic imine (C=N–C) groups is 1. The van der Waals surface area contributed by atoms with E-state index in [2.05, 4.69) is 59.1 Å². The van der Waals surface area contributed by atoms with Crippen LogP contribution in [0.25, 0.3) is 0 Å². The Kier molecular flexibility index (Phi) is 7.37. The highest BCUT2D eigenvalue weighted by molar-refractivity contribution is 5.77. The molecule has 1 aliphatic rings. The van der Waals surface area contributed by atoms with Crippen molar-refractivity contribution < 1.29 is 0 Å². The van der Waals surface area contributed by atoms with Crippen LogP contribution in [-0.2, 0) is 0 Å². The summed E-state index contributed by atoms with van der Waals surface area (Å²) in [4.78, 5) is 9.32. The molecule has 0 aromatic heterocycles. The van der Waals surface area contributed by atoms with Gasteiger partial charge in [-0.3, -0.25) is 9.89 Å². The second-order valence-corrected chi connectivity index (χ2v) is 6.60. The summed E-state index contributed by atoms with van der Waals surface area (Å²) >= 11 is 0. The van der Waals surface area contributed by atoms with Crippen LogP contribution in [0.3, 0.4) is 0 Å². The zero-order valence-corrected chi connectivity index (χ0v) is 15.5. The quantitative estimate of drug-likeness (QED) is 0.456. The first kappa shape index (κ1) is 18.6. The summed E-state index contributed by atoms with van der Waals surface area (Å²) in [6.07, 6.45) is 2.25. The maximum atomic E-state index is 5.87. The molecule has 1 fully saturated rings. The lowest BCUT2D eigenvalue weighted by molar-refractivity contribution is 0.261. The van der Waals surface area contributed by atoms with Crippen LogP contribution in [-0.4, -0.2) is 56.7 Å². The molecule has 0 radical (unpaired) electrons. The lowest BCUT2D eigenvalue weighted by Crippen LogP contribution is -2.49. The number of nitrogens with zero attached hydrogens (tertiary/aromatic N) is 3. The third kappa shape index (κ3) is 5.41. The van der Waals surface area contributed by atoms with Crippen LogP contribution < -0.4 is 16.0 Å². The van der Waals surface area contributed by atoms with Gasteiger partial charge in [0, 0.05) is 51.5 Å². The number of piperazine rings is 1. The Morgan fingerprint density at radius 2 is 1.96 bits per heavy atom. The summed E-state index contributed by atoms with van der Waals surface area (Å²) in [5.41, 5.74) is 10.0. The van der Waals surface area contributed by atoms with E-state index in [9.17, 15) is 0 Å². The van der Waals surface area contributed by atoms with E-state index in [4.69, 9.17) is 5.73 Å². The van der Waals surface area contributed by atoms with Gasteiger partial charge in [0.15, 0.2) is 5.96 Å². The molecule has 1 heterocycles. The average Bonchev–Trinajstić information content (AvgIpc) is 2.58. The number of hydrogen-bond acceptors (Lipinski definition) is 3. The summed E-state index contributed by atoms with van der Waals surface area (Å²) < 4.78 is 0. The molecule has 0 atom stereocenters. The molecule has 0 spiro atoms. The number of rotatable bonds is 7. The molecule has 24 heavy (non-hydrogen) atoms. The summed E-state index contributed by atoms with van der Waals surface area (Å²) in [6, 6.07) is 6.59. The first-order valence-electron chi connectivity index (χ1n) is 9.19. The van der Waals surface area contributed by atoms with Gasteiger partial charge in [0.1, 0.15) is 0 Å². The molecule has 1 saturated heterocycles. The largest absolute Gasteiger partial charge is 0.370 e. The summed E-state index contributed by atoms with van der Waals surface area (Å²) in [7, 11) is 0. The first-order valence-corrected chi connectivity index (χ1v) is 9.19. The fourth-order valence-electron chi connectivity index (χ4n) is 3.05. The van der Waals surface area contributed by atoms with Crippen LogP contribution in [0.1, 0.15) is 30.9 Å². The number of benzene rings is 1. The normalized spacial score (nSPS) is 16.5. The predicted octanol–water partition coefficient (Wildman–Crippen LogP) is 2.13. The van der Waals surface area contributed by atoms with Gasteiger partial charge >= 0.3 is 0 Å². The monoisotopic (exact) mass is 331 g/mol. The number of anilines is 1. The molecule has 1 aromatic carbocycles. The third-order valence-electron chi connectivity index (χ3n) is 4.82. The van der Waals surface area contributed by atoms with E-state index >= 15 is 0 Å². The van der Waals surface area contributed by atoms with E-state index in [0.29, 0.717) is 5.96 Å². The Morgan fingerprint density at radius 1 is 1.21 bits per heavy atom. The third-order valence-corrected chi connectivity index (χ3v) is 4.82. The van der Waals surface area contributed by atoms with Gasteiger partial charge in [-0.1, -0.05) is 25.5 Å². The van der Waals surface area contributed by atoms with E-state index in [1.807, 2.05) is 0 Å². The van der Waals surface area contributed by atoms with Crippen molar-refractivity contribution in [2.75, 3.05) is 50.7 Å². The molecule has 0 aliphatic carbocycles. The molecule has 5 nitrogen and oxygen atoms in total. The van der Waals surface area contributed by atoms with Crippen molar-refractivity contribution in [2.24, 2.45) is 10.7 Å². The lowest BCUT2D eigenvalue weighted by atomic mass is 10.1. The fourth-order valence-corrected chi connectivity index (χ4v) is 3.05. The smallest absolute Gasteiger partial charge is 0.188 e. The average molecular weight is 332 g/mol. The molecule has 1 aromatic rings. The maximum absolute atomic E-state index is 5.87. The van der Waals surface area contributed by atoms with Crippen LogP contribution in [0.5, 0.6) is 0 Å². The molecule has 134 valence electrons. The molecule has 3 N–H and O–H groups in total. The van der Waals surface area contributed by atoms with Gasteiger partial charge < -0.3 is 16.0 Å². The minimum Gasteiger partial charge on any atom is -0.370 e. The van der Waals surface area contributed by atoms with Gasteiger partial charge in [-0.25, -0.2) is 0 Å². The maximum Gasteiger partial charge on any atom is 0.188 e. The Hall–Kier alpha value is -1.75. The second kappa shape index (κ2) is 9.52. The first-order chi connectivity index (χ1) is 11.6. The zero-order valence-electron chi connectivity index (χ0n) is 15.5. The molecular weight excluding hydrogens is 298 g/mol. The number of nitrogens with one attached hydrogen (secondary N) is 1. The molecule has 2 rings (SSSR count). The summed E-state index contributed by atoms with van der Waals surface area (Å²) in [6.45, 7) is 13.7. The Bertz CT molecular complexity index is 533. The highest BCUT2D eigenvalue weighted by atomic mass is 15.3. The van der Waals surface area contributed by atoms with Crippen molar-refractivity contribution in [3.63, 3.8) is 0 Å². The number of nitrogens with two attached hydrogens (primary N) is 1. The number of guanidine groups is 1.